The van der Waals surface area contributed by atoms with Crippen LogP contribution in [0.4, 0.5) is 0 Å². The largest absolute Gasteiger partial charge is 0.337 e. The van der Waals surface area contributed by atoms with Gasteiger partial charge in [0.25, 0.3) is 0 Å². The molecule has 2 N–H and O–H groups in total. The second kappa shape index (κ2) is 13.0. The zero-order valence-corrected chi connectivity index (χ0v) is 27.7. The zero-order chi connectivity index (χ0) is 33.3. The summed E-state index contributed by atoms with van der Waals surface area (Å²) in [6.07, 6.45) is 3.64. The van der Waals surface area contributed by atoms with E-state index >= 15 is 0 Å². The van der Waals surface area contributed by atoms with E-state index in [1.807, 2.05) is 6.07 Å². The van der Waals surface area contributed by atoms with E-state index in [1.165, 1.54) is 33.4 Å². The molecule has 0 spiro atoms. The van der Waals surface area contributed by atoms with Crippen LogP contribution in [0, 0.1) is 0 Å². The van der Waals surface area contributed by atoms with Gasteiger partial charge in [-0.2, -0.15) is 0 Å². The number of nitrogens with zero attached hydrogens (tertiary/aromatic N) is 2. The number of hydrogen-bond acceptors (Lipinski definition) is 2. The lowest BCUT2D eigenvalue weighted by atomic mass is 9.89. The van der Waals surface area contributed by atoms with E-state index in [9.17, 15) is 0 Å². The van der Waals surface area contributed by atoms with Crippen LogP contribution in [0.5, 0.6) is 0 Å². The van der Waals surface area contributed by atoms with Crippen LogP contribution in [0.2, 0.25) is 0 Å². The standard InChI is InChI=1S/C46H36N4/c1-5-13-35(14-6-1)41-42(36-15-7-2-8-16-36)49-46(48-41)40-30-32-22-21-31-23-25-33(27-28-34(40)26-24-32)39(29-31)44-43(37-17-9-3-10-18-37)47-45(50-44)38-19-11-4-12-20-38/h1-20,23-26,29-30H,21-22,27-28H2,(H,47,50)(H,48,49). The smallest absolute Gasteiger partial charge is 0.138 e. The molecule has 0 radical (unpaired) electrons. The number of aromatic nitrogens is 4. The molecule has 0 saturated heterocycles. The molecule has 240 valence electrons. The van der Waals surface area contributed by atoms with Gasteiger partial charge >= 0.3 is 0 Å². The maximum atomic E-state index is 5.31. The van der Waals surface area contributed by atoms with Gasteiger partial charge in [-0.1, -0.05) is 146 Å². The summed E-state index contributed by atoms with van der Waals surface area (Å²) >= 11 is 0. The van der Waals surface area contributed by atoms with Crippen molar-refractivity contribution in [3.8, 4) is 67.8 Å². The quantitative estimate of drug-likeness (QED) is 0.189. The molecule has 0 amide bonds. The topological polar surface area (TPSA) is 57.4 Å². The molecule has 8 aromatic rings. The molecule has 2 aromatic heterocycles. The van der Waals surface area contributed by atoms with Crippen molar-refractivity contribution in [2.24, 2.45) is 0 Å². The number of imidazole rings is 2. The van der Waals surface area contributed by atoms with E-state index in [4.69, 9.17) is 9.97 Å². The average molecular weight is 645 g/mol. The van der Waals surface area contributed by atoms with Crippen LogP contribution in [0.3, 0.4) is 0 Å². The molecule has 4 aliphatic rings. The normalized spacial score (nSPS) is 12.5. The summed E-state index contributed by atoms with van der Waals surface area (Å²) in [5.41, 5.74) is 16.1. The summed E-state index contributed by atoms with van der Waals surface area (Å²) in [4.78, 5) is 18.1. The fourth-order valence-electron chi connectivity index (χ4n) is 7.23. The number of aryl methyl sites for hydroxylation is 4. The van der Waals surface area contributed by atoms with Crippen molar-refractivity contribution in [1.29, 1.82) is 0 Å². The minimum atomic E-state index is 0.879. The minimum Gasteiger partial charge on any atom is -0.337 e. The van der Waals surface area contributed by atoms with Gasteiger partial charge in [-0.05, 0) is 60.1 Å². The second-order valence-electron chi connectivity index (χ2n) is 13.1. The van der Waals surface area contributed by atoms with Crippen molar-refractivity contribution in [3.63, 3.8) is 0 Å². The van der Waals surface area contributed by atoms with Gasteiger partial charge < -0.3 is 9.97 Å². The highest BCUT2D eigenvalue weighted by atomic mass is 14.9. The van der Waals surface area contributed by atoms with Crippen LogP contribution in [0.25, 0.3) is 67.8 Å². The van der Waals surface area contributed by atoms with Crippen molar-refractivity contribution >= 4 is 0 Å². The summed E-state index contributed by atoms with van der Waals surface area (Å²) < 4.78 is 0. The van der Waals surface area contributed by atoms with Gasteiger partial charge in [-0.3, -0.25) is 0 Å². The highest BCUT2D eigenvalue weighted by Gasteiger charge is 2.21. The van der Waals surface area contributed by atoms with Crippen LogP contribution >= 0.6 is 0 Å². The van der Waals surface area contributed by atoms with Gasteiger partial charge in [-0.15, -0.1) is 0 Å². The highest BCUT2D eigenvalue weighted by molar-refractivity contribution is 5.84. The van der Waals surface area contributed by atoms with E-state index in [0.717, 1.165) is 82.4 Å². The summed E-state index contributed by atoms with van der Waals surface area (Å²) in [6, 6.07) is 56.0. The third-order valence-corrected chi connectivity index (χ3v) is 9.85. The predicted molar refractivity (Wildman–Crippen MR) is 205 cm³/mol. The zero-order valence-electron chi connectivity index (χ0n) is 27.7. The van der Waals surface area contributed by atoms with E-state index in [-0.39, 0.29) is 0 Å². The molecular formula is C46H36N4. The van der Waals surface area contributed by atoms with Crippen LogP contribution in [-0.2, 0) is 25.7 Å². The number of benzene rings is 6. The Morgan fingerprint density at radius 3 is 1.38 bits per heavy atom. The van der Waals surface area contributed by atoms with E-state index in [1.54, 1.807) is 0 Å². The Morgan fingerprint density at radius 1 is 0.360 bits per heavy atom. The Bertz CT molecular complexity index is 2350. The lowest BCUT2D eigenvalue weighted by Crippen LogP contribution is -2.03. The Balaban J connectivity index is 1.14. The van der Waals surface area contributed by atoms with Crippen molar-refractivity contribution in [2.45, 2.75) is 25.7 Å². The SMILES string of the molecule is c1ccc(-c2nc(-c3ccccc3)c(-c3cc4ccc3CCc3ccc(cc3-c3nc(-c5ccccc5)c(-c5ccccc5)[nH]3)CC4)[nH]2)cc1. The number of rotatable bonds is 6. The Kier molecular flexibility index (Phi) is 7.75. The third-order valence-electron chi connectivity index (χ3n) is 9.85. The molecular weight excluding hydrogens is 609 g/mol. The number of hydrogen-bond donors (Lipinski definition) is 2. The molecule has 0 saturated carbocycles. The summed E-state index contributed by atoms with van der Waals surface area (Å²) in [6.45, 7) is 0. The molecule has 0 aliphatic heterocycles. The molecule has 4 aliphatic carbocycles. The Labute approximate surface area is 292 Å². The molecule has 0 unspecified atom stereocenters. The maximum absolute atomic E-state index is 5.31. The first kappa shape index (κ1) is 29.8. The summed E-state index contributed by atoms with van der Waals surface area (Å²) in [5, 5.41) is 0. The van der Waals surface area contributed by atoms with Gasteiger partial charge in [0, 0.05) is 33.4 Å². The van der Waals surface area contributed by atoms with E-state index < -0.39 is 0 Å². The van der Waals surface area contributed by atoms with Crippen LogP contribution in [0.15, 0.2) is 158 Å². The molecule has 12 rings (SSSR count). The number of aromatic amines is 2. The molecule has 6 aromatic carbocycles. The summed E-state index contributed by atoms with van der Waals surface area (Å²) in [5.74, 6) is 1.80. The lowest BCUT2D eigenvalue weighted by Gasteiger charge is -2.17. The fourth-order valence-corrected chi connectivity index (χ4v) is 7.23. The fraction of sp³-hybridized carbons (Fsp3) is 0.0870. The number of H-pyrrole nitrogens is 2. The van der Waals surface area contributed by atoms with Crippen molar-refractivity contribution in [3.05, 3.63) is 180 Å². The first-order valence-corrected chi connectivity index (χ1v) is 17.4. The molecule has 4 nitrogen and oxygen atoms in total. The Hall–Kier alpha value is -6.26. The average Bonchev–Trinajstić information content (AvgIpc) is 3.83. The molecule has 4 heteroatoms. The van der Waals surface area contributed by atoms with Gasteiger partial charge in [0.05, 0.1) is 22.8 Å². The van der Waals surface area contributed by atoms with Crippen molar-refractivity contribution in [2.75, 3.05) is 0 Å². The van der Waals surface area contributed by atoms with Crippen LogP contribution < -0.4 is 0 Å². The molecule has 4 bridgehead atoms. The van der Waals surface area contributed by atoms with Crippen LogP contribution in [-0.4, -0.2) is 19.9 Å². The van der Waals surface area contributed by atoms with Gasteiger partial charge in [0.1, 0.15) is 11.6 Å². The van der Waals surface area contributed by atoms with E-state index in [2.05, 4.69) is 162 Å². The first-order valence-electron chi connectivity index (χ1n) is 17.4. The predicted octanol–water partition coefficient (Wildman–Crippen LogP) is 11.0. The number of nitrogens with one attached hydrogen (secondary N) is 2. The maximum Gasteiger partial charge on any atom is 0.138 e. The van der Waals surface area contributed by atoms with Gasteiger partial charge in [0.15, 0.2) is 0 Å². The molecule has 50 heavy (non-hydrogen) atoms. The van der Waals surface area contributed by atoms with E-state index in [0.29, 0.717) is 0 Å². The lowest BCUT2D eigenvalue weighted by molar-refractivity contribution is 0.922. The van der Waals surface area contributed by atoms with Crippen molar-refractivity contribution in [1.82, 2.24) is 19.9 Å². The third kappa shape index (κ3) is 5.75. The Morgan fingerprint density at radius 2 is 0.800 bits per heavy atom. The molecule has 2 heterocycles. The monoisotopic (exact) mass is 644 g/mol. The first-order chi connectivity index (χ1) is 24.8. The van der Waals surface area contributed by atoms with Crippen molar-refractivity contribution < 1.29 is 0 Å². The van der Waals surface area contributed by atoms with Gasteiger partial charge in [-0.25, -0.2) is 9.97 Å². The minimum absolute atomic E-state index is 0.879. The highest BCUT2D eigenvalue weighted by Crippen LogP contribution is 2.38. The second-order valence-corrected chi connectivity index (χ2v) is 13.1. The summed E-state index contributed by atoms with van der Waals surface area (Å²) in [7, 11) is 0. The molecule has 0 fully saturated rings. The van der Waals surface area contributed by atoms with Gasteiger partial charge in [0.2, 0.25) is 0 Å². The van der Waals surface area contributed by atoms with Crippen LogP contribution in [0.1, 0.15) is 22.3 Å². The molecule has 0 atom stereocenters.